The van der Waals surface area contributed by atoms with Crippen LogP contribution in [0.5, 0.6) is 5.75 Å². The lowest BCUT2D eigenvalue weighted by Gasteiger charge is -2.22. The lowest BCUT2D eigenvalue weighted by atomic mass is 9.89. The monoisotopic (exact) mass is 415 g/mol. The van der Waals surface area contributed by atoms with Gasteiger partial charge < -0.3 is 10.1 Å². The Kier molecular flexibility index (Phi) is 6.69. The maximum absolute atomic E-state index is 13.3. The van der Waals surface area contributed by atoms with E-state index in [2.05, 4.69) is 11.4 Å². The van der Waals surface area contributed by atoms with E-state index in [0.29, 0.717) is 29.9 Å². The molecular formula is C26H29N3O2. The summed E-state index contributed by atoms with van der Waals surface area (Å²) >= 11 is 0. The van der Waals surface area contributed by atoms with Crippen LogP contribution in [0.15, 0.2) is 53.3 Å². The molecule has 1 saturated carbocycles. The van der Waals surface area contributed by atoms with Gasteiger partial charge in [0.05, 0.1) is 7.11 Å². The number of nitriles is 1. The Morgan fingerprint density at radius 2 is 1.87 bits per heavy atom. The van der Waals surface area contributed by atoms with E-state index in [1.165, 1.54) is 32.1 Å². The molecule has 0 bridgehead atoms. The van der Waals surface area contributed by atoms with Crippen LogP contribution in [-0.4, -0.2) is 24.8 Å². The van der Waals surface area contributed by atoms with Gasteiger partial charge in [-0.15, -0.1) is 0 Å². The van der Waals surface area contributed by atoms with Crippen LogP contribution in [0.2, 0.25) is 0 Å². The highest BCUT2D eigenvalue weighted by Gasteiger charge is 2.19. The summed E-state index contributed by atoms with van der Waals surface area (Å²) in [6.07, 6.45) is 6.55. The highest BCUT2D eigenvalue weighted by Crippen LogP contribution is 2.32. The fraction of sp³-hybridized carbons (Fsp3) is 0.385. The van der Waals surface area contributed by atoms with Crippen LogP contribution < -0.4 is 15.6 Å². The van der Waals surface area contributed by atoms with E-state index < -0.39 is 0 Å². The van der Waals surface area contributed by atoms with E-state index in [1.54, 1.807) is 23.8 Å². The molecule has 160 valence electrons. The number of hydrogen-bond acceptors (Lipinski definition) is 4. The molecule has 5 nitrogen and oxygen atoms in total. The summed E-state index contributed by atoms with van der Waals surface area (Å²) in [6.45, 7) is 2.12. The van der Waals surface area contributed by atoms with Gasteiger partial charge in [0.1, 0.15) is 17.5 Å². The number of aromatic nitrogens is 1. The van der Waals surface area contributed by atoms with E-state index >= 15 is 0 Å². The predicted molar refractivity (Wildman–Crippen MR) is 124 cm³/mol. The Bertz CT molecular complexity index is 1140. The molecule has 0 radical (unpaired) electrons. The summed E-state index contributed by atoms with van der Waals surface area (Å²) < 4.78 is 7.02. The zero-order valence-corrected chi connectivity index (χ0v) is 18.1. The molecule has 0 aliphatic heterocycles. The normalized spacial score (nSPS) is 14.5. The number of ether oxygens (including phenoxy) is 1. The van der Waals surface area contributed by atoms with Gasteiger partial charge >= 0.3 is 0 Å². The molecule has 5 heteroatoms. The second-order valence-corrected chi connectivity index (χ2v) is 8.28. The van der Waals surface area contributed by atoms with Crippen LogP contribution in [0.4, 0.5) is 0 Å². The van der Waals surface area contributed by atoms with E-state index in [0.717, 1.165) is 29.0 Å². The van der Waals surface area contributed by atoms with Crippen LogP contribution >= 0.6 is 0 Å². The van der Waals surface area contributed by atoms with Gasteiger partial charge in [0, 0.05) is 29.4 Å². The van der Waals surface area contributed by atoms with Gasteiger partial charge in [0.25, 0.3) is 5.56 Å². The Balaban J connectivity index is 1.72. The predicted octanol–water partition coefficient (Wildman–Crippen LogP) is 4.72. The van der Waals surface area contributed by atoms with E-state index in [1.807, 2.05) is 36.4 Å². The average Bonchev–Trinajstić information content (AvgIpc) is 2.83. The molecular weight excluding hydrogens is 386 g/mol. The minimum Gasteiger partial charge on any atom is -0.497 e. The summed E-state index contributed by atoms with van der Waals surface area (Å²) in [5.74, 6) is 1.39. The number of methoxy groups -OCH3 is 1. The smallest absolute Gasteiger partial charge is 0.259 e. The van der Waals surface area contributed by atoms with Gasteiger partial charge in [-0.2, -0.15) is 5.26 Å². The molecule has 1 aliphatic carbocycles. The minimum absolute atomic E-state index is 0.131. The van der Waals surface area contributed by atoms with Gasteiger partial charge in [-0.05, 0) is 49.1 Å². The Morgan fingerprint density at radius 3 is 2.58 bits per heavy atom. The van der Waals surface area contributed by atoms with Crippen molar-refractivity contribution in [1.29, 1.82) is 5.26 Å². The Morgan fingerprint density at radius 1 is 1.10 bits per heavy atom. The number of fused-ring (bicyclic) bond motifs is 1. The third-order valence-corrected chi connectivity index (χ3v) is 6.32. The molecule has 1 heterocycles. The van der Waals surface area contributed by atoms with Crippen molar-refractivity contribution in [3.05, 3.63) is 64.6 Å². The number of rotatable bonds is 7. The van der Waals surface area contributed by atoms with Gasteiger partial charge in [-0.1, -0.05) is 49.6 Å². The Labute approximate surface area is 183 Å². The number of benzene rings is 2. The van der Waals surface area contributed by atoms with Crippen LogP contribution in [0, 0.1) is 17.2 Å². The maximum Gasteiger partial charge on any atom is 0.259 e. The SMILES string of the molecule is COc1ccc2c(=O)n(CCNCC3CCCCC3)c(C#N)c(-c3ccccc3)c2c1. The van der Waals surface area contributed by atoms with Crippen molar-refractivity contribution in [2.45, 2.75) is 38.6 Å². The average molecular weight is 416 g/mol. The van der Waals surface area contributed by atoms with Crippen LogP contribution in [0.25, 0.3) is 21.9 Å². The second kappa shape index (κ2) is 9.80. The maximum atomic E-state index is 13.3. The summed E-state index contributed by atoms with van der Waals surface area (Å²) in [5.41, 5.74) is 1.97. The fourth-order valence-corrected chi connectivity index (χ4v) is 4.67. The van der Waals surface area contributed by atoms with Crippen molar-refractivity contribution >= 4 is 10.8 Å². The molecule has 1 fully saturated rings. The summed E-state index contributed by atoms with van der Waals surface area (Å²) in [7, 11) is 1.60. The lowest BCUT2D eigenvalue weighted by molar-refractivity contribution is 0.340. The van der Waals surface area contributed by atoms with Crippen molar-refractivity contribution in [2.24, 2.45) is 5.92 Å². The highest BCUT2D eigenvalue weighted by molar-refractivity contribution is 5.99. The minimum atomic E-state index is -0.131. The van der Waals surface area contributed by atoms with Crippen molar-refractivity contribution in [3.8, 4) is 22.9 Å². The highest BCUT2D eigenvalue weighted by atomic mass is 16.5. The first-order chi connectivity index (χ1) is 15.2. The van der Waals surface area contributed by atoms with Crippen LogP contribution in [0.3, 0.4) is 0 Å². The van der Waals surface area contributed by atoms with Crippen molar-refractivity contribution in [2.75, 3.05) is 20.2 Å². The quantitative estimate of drug-likeness (QED) is 0.567. The van der Waals surface area contributed by atoms with Gasteiger partial charge in [-0.3, -0.25) is 9.36 Å². The molecule has 4 rings (SSSR count). The molecule has 2 aromatic carbocycles. The first-order valence-electron chi connectivity index (χ1n) is 11.1. The first kappa shape index (κ1) is 21.1. The largest absolute Gasteiger partial charge is 0.497 e. The molecule has 3 aromatic rings. The van der Waals surface area contributed by atoms with Crippen LogP contribution in [-0.2, 0) is 6.54 Å². The zero-order chi connectivity index (χ0) is 21.6. The molecule has 1 aliphatic rings. The first-order valence-corrected chi connectivity index (χ1v) is 11.1. The van der Waals surface area contributed by atoms with E-state index in [4.69, 9.17) is 4.74 Å². The van der Waals surface area contributed by atoms with Gasteiger partial charge in [0.2, 0.25) is 0 Å². The standard InChI is InChI=1S/C26H29N3O2/c1-31-21-12-13-22-23(16-21)25(20-10-6-3-7-11-20)24(17-27)29(26(22)30)15-14-28-18-19-8-4-2-5-9-19/h3,6-7,10-13,16,19,28H,2,4-5,8-9,14-15,18H2,1H3. The van der Waals surface area contributed by atoms with Crippen molar-refractivity contribution in [1.82, 2.24) is 9.88 Å². The Hall–Kier alpha value is -3.10. The molecule has 0 saturated heterocycles. The van der Waals surface area contributed by atoms with Gasteiger partial charge in [0.15, 0.2) is 0 Å². The topological polar surface area (TPSA) is 67.0 Å². The van der Waals surface area contributed by atoms with E-state index in [9.17, 15) is 10.1 Å². The second-order valence-electron chi connectivity index (χ2n) is 8.28. The van der Waals surface area contributed by atoms with Crippen LogP contribution in [0.1, 0.15) is 37.8 Å². The summed E-state index contributed by atoms with van der Waals surface area (Å²) in [6, 6.07) is 17.6. The number of nitrogens with zero attached hydrogens (tertiary/aromatic N) is 2. The molecule has 0 amide bonds. The number of pyridine rings is 1. The molecule has 0 spiro atoms. The zero-order valence-electron chi connectivity index (χ0n) is 18.1. The fourth-order valence-electron chi connectivity index (χ4n) is 4.67. The molecule has 0 atom stereocenters. The number of hydrogen-bond donors (Lipinski definition) is 1. The van der Waals surface area contributed by atoms with Crippen molar-refractivity contribution < 1.29 is 4.74 Å². The molecule has 31 heavy (non-hydrogen) atoms. The molecule has 0 unspecified atom stereocenters. The number of nitrogens with one attached hydrogen (secondary N) is 1. The van der Waals surface area contributed by atoms with E-state index in [-0.39, 0.29) is 5.56 Å². The van der Waals surface area contributed by atoms with Gasteiger partial charge in [-0.25, -0.2) is 0 Å². The molecule has 1 N–H and O–H groups in total. The summed E-state index contributed by atoms with van der Waals surface area (Å²) in [4.78, 5) is 13.3. The van der Waals surface area contributed by atoms with Crippen molar-refractivity contribution in [3.63, 3.8) is 0 Å². The summed E-state index contributed by atoms with van der Waals surface area (Å²) in [5, 5.41) is 14.9. The molecule has 1 aromatic heterocycles. The lowest BCUT2D eigenvalue weighted by Crippen LogP contribution is -2.32. The third-order valence-electron chi connectivity index (χ3n) is 6.32. The third kappa shape index (κ3) is 4.50.